The van der Waals surface area contributed by atoms with E-state index in [1.54, 1.807) is 0 Å². The number of halogens is 17. The van der Waals surface area contributed by atoms with Gasteiger partial charge >= 0.3 is 54.3 Å². The van der Waals surface area contributed by atoms with Crippen molar-refractivity contribution in [3.8, 4) is 0 Å². The molecule has 0 aromatic rings. The lowest BCUT2D eigenvalue weighted by atomic mass is 10.2. The molecule has 0 unspecified atom stereocenters. The molecular formula is C13H9F17O5. The van der Waals surface area contributed by atoms with Crippen molar-refractivity contribution in [2.45, 2.75) is 55.3 Å². The summed E-state index contributed by atoms with van der Waals surface area (Å²) in [7, 11) is 0. The van der Waals surface area contributed by atoms with Crippen LogP contribution in [0.5, 0.6) is 0 Å². The first kappa shape index (κ1) is 33.2. The molecule has 35 heavy (non-hydrogen) atoms. The summed E-state index contributed by atoms with van der Waals surface area (Å²) in [5.74, 6) is -26.5. The fourth-order valence-electron chi connectivity index (χ4n) is 1.58. The molecule has 0 aliphatic carbocycles. The van der Waals surface area contributed by atoms with Crippen LogP contribution in [0.2, 0.25) is 0 Å². The monoisotopic (exact) mass is 568 g/mol. The number of hydrogen-bond donors (Lipinski definition) is 0. The maximum Gasteiger partial charge on any atom is 0.462 e. The molecule has 0 rings (SSSR count). The van der Waals surface area contributed by atoms with E-state index in [-0.39, 0.29) is 6.61 Å². The van der Waals surface area contributed by atoms with Gasteiger partial charge in [-0.05, 0) is 6.92 Å². The summed E-state index contributed by atoms with van der Waals surface area (Å²) in [6.45, 7) is -1.35. The van der Waals surface area contributed by atoms with Crippen molar-refractivity contribution in [2.75, 3.05) is 19.8 Å². The lowest BCUT2D eigenvalue weighted by Crippen LogP contribution is -2.68. The predicted molar refractivity (Wildman–Crippen MR) is 70.3 cm³/mol. The van der Waals surface area contributed by atoms with Crippen molar-refractivity contribution in [3.63, 3.8) is 0 Å². The molecule has 0 saturated heterocycles. The Balaban J connectivity index is 6.53. The highest BCUT2D eigenvalue weighted by atomic mass is 19.4. The minimum Gasteiger partial charge on any atom is -0.459 e. The van der Waals surface area contributed by atoms with E-state index in [0.29, 0.717) is 0 Å². The zero-order valence-electron chi connectivity index (χ0n) is 16.1. The first-order chi connectivity index (χ1) is 15.1. The Hall–Kier alpha value is -1.84. The number of hydrogen-bond acceptors (Lipinski definition) is 5. The van der Waals surface area contributed by atoms with Gasteiger partial charge < -0.3 is 9.47 Å². The van der Waals surface area contributed by atoms with E-state index in [2.05, 4.69) is 9.47 Å². The fourth-order valence-corrected chi connectivity index (χ4v) is 1.58. The van der Waals surface area contributed by atoms with Crippen molar-refractivity contribution >= 4 is 5.97 Å². The molecule has 0 radical (unpaired) electrons. The summed E-state index contributed by atoms with van der Waals surface area (Å²) < 4.78 is 230. The lowest BCUT2D eigenvalue weighted by Gasteiger charge is -2.39. The molecular weight excluding hydrogens is 559 g/mol. The van der Waals surface area contributed by atoms with Gasteiger partial charge in [0, 0.05) is 6.61 Å². The Kier molecular flexibility index (Phi) is 9.38. The van der Waals surface area contributed by atoms with Gasteiger partial charge in [-0.2, -0.15) is 74.6 Å². The standard InChI is InChI=1S/C13H9F17O5/c1-2-32-3-4-33-5(31)6(14,9(18,19)20)34-13(29,30)8(17,11(24,25)26)35-12(27,28)7(15,16)10(21,22)23/h2-4H2,1H3/t6-,8-/m0/s1. The summed E-state index contributed by atoms with van der Waals surface area (Å²) >= 11 is 0. The Morgan fingerprint density at radius 2 is 1.06 bits per heavy atom. The zero-order valence-corrected chi connectivity index (χ0v) is 16.1. The highest BCUT2D eigenvalue weighted by Crippen LogP contribution is 2.56. The lowest BCUT2D eigenvalue weighted by molar-refractivity contribution is -0.548. The summed E-state index contributed by atoms with van der Waals surface area (Å²) in [4.78, 5) is 11.2. The van der Waals surface area contributed by atoms with Crippen LogP contribution in [0.4, 0.5) is 74.6 Å². The SMILES string of the molecule is CCOCCOC(=O)[C@](F)(OC(F)(F)[C@@](F)(OC(F)(F)C(F)(F)C(F)(F)F)C(F)(F)F)C(F)(F)F. The normalized spacial score (nSPS) is 18.1. The second-order valence-corrected chi connectivity index (χ2v) is 5.83. The minimum atomic E-state index is -8.06. The van der Waals surface area contributed by atoms with Gasteiger partial charge in [-0.3, -0.25) is 9.47 Å². The second kappa shape index (κ2) is 9.90. The average molecular weight is 568 g/mol. The summed E-state index contributed by atoms with van der Waals surface area (Å²) in [6.07, 6.45) is -38.6. The smallest absolute Gasteiger partial charge is 0.459 e. The molecule has 0 heterocycles. The van der Waals surface area contributed by atoms with E-state index >= 15 is 0 Å². The largest absolute Gasteiger partial charge is 0.462 e. The van der Waals surface area contributed by atoms with E-state index in [1.807, 2.05) is 4.74 Å². The minimum absolute atomic E-state index is 0.240. The third-order valence-electron chi connectivity index (χ3n) is 3.29. The van der Waals surface area contributed by atoms with Gasteiger partial charge in [0.25, 0.3) is 0 Å². The van der Waals surface area contributed by atoms with Crippen LogP contribution in [0.3, 0.4) is 0 Å². The van der Waals surface area contributed by atoms with E-state index in [4.69, 9.17) is 0 Å². The maximum atomic E-state index is 14.0. The molecule has 210 valence electrons. The third kappa shape index (κ3) is 6.49. The fraction of sp³-hybridized carbons (Fsp3) is 0.923. The van der Waals surface area contributed by atoms with Gasteiger partial charge in [0.15, 0.2) is 0 Å². The van der Waals surface area contributed by atoms with E-state index in [9.17, 15) is 79.4 Å². The molecule has 0 saturated carbocycles. The summed E-state index contributed by atoms with van der Waals surface area (Å²) in [6, 6.07) is 0. The molecule has 0 fully saturated rings. The molecule has 0 bridgehead atoms. The predicted octanol–water partition coefficient (Wildman–Crippen LogP) is 5.44. The van der Waals surface area contributed by atoms with Crippen LogP contribution in [0, 0.1) is 0 Å². The van der Waals surface area contributed by atoms with Gasteiger partial charge in [0.05, 0.1) is 6.61 Å². The van der Waals surface area contributed by atoms with Crippen molar-refractivity contribution in [2.24, 2.45) is 0 Å². The van der Waals surface area contributed by atoms with Crippen LogP contribution in [0.25, 0.3) is 0 Å². The van der Waals surface area contributed by atoms with Crippen LogP contribution in [-0.2, 0) is 23.7 Å². The van der Waals surface area contributed by atoms with Crippen LogP contribution in [-0.4, -0.2) is 74.2 Å². The Morgan fingerprint density at radius 3 is 1.40 bits per heavy atom. The summed E-state index contributed by atoms with van der Waals surface area (Å²) in [5.41, 5.74) is 0. The number of rotatable bonds is 11. The molecule has 0 N–H and O–H groups in total. The topological polar surface area (TPSA) is 54.0 Å². The molecule has 0 spiro atoms. The van der Waals surface area contributed by atoms with Crippen LogP contribution < -0.4 is 0 Å². The first-order valence-electron chi connectivity index (χ1n) is 8.01. The third-order valence-corrected chi connectivity index (χ3v) is 3.29. The number of carbonyl (C=O) groups excluding carboxylic acids is 1. The molecule has 0 amide bonds. The summed E-state index contributed by atoms with van der Waals surface area (Å²) in [5, 5.41) is 0. The van der Waals surface area contributed by atoms with Crippen LogP contribution in [0.1, 0.15) is 6.92 Å². The number of ether oxygens (including phenoxy) is 4. The van der Waals surface area contributed by atoms with Crippen LogP contribution in [0.15, 0.2) is 0 Å². The van der Waals surface area contributed by atoms with Crippen LogP contribution >= 0.6 is 0 Å². The Bertz CT molecular complexity index is 729. The zero-order chi connectivity index (χ0) is 28.5. The van der Waals surface area contributed by atoms with Crippen molar-refractivity contribution in [3.05, 3.63) is 0 Å². The number of alkyl halides is 17. The van der Waals surface area contributed by atoms with Gasteiger partial charge in [-0.15, -0.1) is 0 Å². The van der Waals surface area contributed by atoms with Crippen molar-refractivity contribution in [1.29, 1.82) is 0 Å². The highest BCUT2D eigenvalue weighted by molar-refractivity contribution is 5.78. The number of carbonyl (C=O) groups is 1. The molecule has 22 heteroatoms. The second-order valence-electron chi connectivity index (χ2n) is 5.83. The molecule has 0 aliphatic rings. The first-order valence-corrected chi connectivity index (χ1v) is 8.01. The van der Waals surface area contributed by atoms with E-state index in [1.165, 1.54) is 11.7 Å². The van der Waals surface area contributed by atoms with E-state index < -0.39 is 67.6 Å². The molecule has 0 aromatic carbocycles. The van der Waals surface area contributed by atoms with E-state index in [0.717, 1.165) is 0 Å². The quantitative estimate of drug-likeness (QED) is 0.189. The Labute approximate surface area is 181 Å². The highest BCUT2D eigenvalue weighted by Gasteiger charge is 2.85. The van der Waals surface area contributed by atoms with Crippen molar-refractivity contribution in [1.82, 2.24) is 0 Å². The molecule has 0 aliphatic heterocycles. The molecule has 2 atom stereocenters. The van der Waals surface area contributed by atoms with Gasteiger partial charge in [0.1, 0.15) is 6.61 Å². The molecule has 0 aromatic heterocycles. The average Bonchev–Trinajstić information content (AvgIpc) is 2.61. The van der Waals surface area contributed by atoms with Gasteiger partial charge in [0.2, 0.25) is 0 Å². The van der Waals surface area contributed by atoms with Crippen molar-refractivity contribution < 1.29 is 98.4 Å². The maximum absolute atomic E-state index is 14.0. The van der Waals surface area contributed by atoms with Gasteiger partial charge in [-0.25, -0.2) is 4.79 Å². The Morgan fingerprint density at radius 1 is 0.600 bits per heavy atom. The number of esters is 1. The molecule has 5 nitrogen and oxygen atoms in total. The van der Waals surface area contributed by atoms with Gasteiger partial charge in [-0.1, -0.05) is 0 Å².